The van der Waals surface area contributed by atoms with E-state index < -0.39 is 31.6 Å². The summed E-state index contributed by atoms with van der Waals surface area (Å²) in [5, 5.41) is 0. The number of rotatable bonds is 7. The molecule has 0 spiro atoms. The Morgan fingerprint density at radius 1 is 1.05 bits per heavy atom. The predicted molar refractivity (Wildman–Crippen MR) is 89.5 cm³/mol. The summed E-state index contributed by atoms with van der Waals surface area (Å²) in [5.74, 6) is -1.66. The van der Waals surface area contributed by atoms with Crippen LogP contribution in [0.3, 0.4) is 0 Å². The number of hydrogen-bond acceptors (Lipinski definition) is 4. The summed E-state index contributed by atoms with van der Waals surface area (Å²) in [5.41, 5.74) is 0.0837. The van der Waals surface area contributed by atoms with Crippen molar-refractivity contribution in [2.24, 2.45) is 0 Å². The van der Waals surface area contributed by atoms with E-state index in [1.54, 1.807) is 20.8 Å². The van der Waals surface area contributed by atoms with Gasteiger partial charge >= 0.3 is 0 Å². The van der Waals surface area contributed by atoms with Crippen molar-refractivity contribution in [1.82, 2.24) is 0 Å². The zero-order chi connectivity index (χ0) is 17.1. The minimum absolute atomic E-state index is 0.0193. The molecule has 0 atom stereocenters. The summed E-state index contributed by atoms with van der Waals surface area (Å²) in [4.78, 5) is 0. The van der Waals surface area contributed by atoms with Gasteiger partial charge in [0.15, 0.2) is 5.82 Å². The summed E-state index contributed by atoms with van der Waals surface area (Å²) < 4.78 is 64.2. The van der Waals surface area contributed by atoms with Gasteiger partial charge < -0.3 is 0 Å². The molecule has 1 rings (SSSR count). The molecule has 126 valence electrons. The highest BCUT2D eigenvalue weighted by atomic mass is 79.9. The molecule has 0 unspecified atom stereocenters. The average molecular weight is 416 g/mol. The smallest absolute Gasteiger partial charge is 0.205 e. The molecule has 1 aromatic carbocycles. The van der Waals surface area contributed by atoms with Crippen LogP contribution in [0.15, 0.2) is 16.6 Å². The Kier molecular flexibility index (Phi) is 6.40. The molecule has 0 bridgehead atoms. The Bertz CT molecular complexity index is 712. The molecular weight excluding hydrogens is 397 g/mol. The second-order valence-electron chi connectivity index (χ2n) is 4.91. The largest absolute Gasteiger partial charge is 0.248 e. The van der Waals surface area contributed by atoms with Gasteiger partial charge in [-0.25, -0.2) is 21.2 Å². The molecule has 0 aliphatic heterocycles. The predicted octanol–water partition coefficient (Wildman–Crippen LogP) is 3.18. The molecular formula is C13H19BrFNO4S2. The fraction of sp³-hybridized carbons (Fsp3) is 0.538. The lowest BCUT2D eigenvalue weighted by atomic mass is 10.2. The molecule has 0 aliphatic rings. The molecule has 9 heteroatoms. The van der Waals surface area contributed by atoms with Crippen molar-refractivity contribution in [1.29, 1.82) is 0 Å². The second kappa shape index (κ2) is 7.27. The fourth-order valence-corrected chi connectivity index (χ4v) is 6.62. The van der Waals surface area contributed by atoms with Gasteiger partial charge in [0.25, 0.3) is 0 Å². The van der Waals surface area contributed by atoms with E-state index in [2.05, 4.69) is 15.9 Å². The number of benzene rings is 1. The van der Waals surface area contributed by atoms with Gasteiger partial charge in [-0.15, -0.1) is 0 Å². The van der Waals surface area contributed by atoms with Crippen LogP contribution in [-0.4, -0.2) is 28.3 Å². The Labute approximate surface area is 139 Å². The third kappa shape index (κ3) is 4.20. The van der Waals surface area contributed by atoms with Crippen LogP contribution in [0.5, 0.6) is 0 Å². The van der Waals surface area contributed by atoms with Gasteiger partial charge in [-0.2, -0.15) is 3.71 Å². The minimum atomic E-state index is -4.18. The van der Waals surface area contributed by atoms with Crippen molar-refractivity contribution in [3.05, 3.63) is 28.0 Å². The Morgan fingerprint density at radius 3 is 1.91 bits per heavy atom. The van der Waals surface area contributed by atoms with Gasteiger partial charge in [0.05, 0.1) is 16.0 Å². The lowest BCUT2D eigenvalue weighted by molar-refractivity contribution is 0.577. The monoisotopic (exact) mass is 415 g/mol. The molecule has 1 aromatic rings. The van der Waals surface area contributed by atoms with Crippen molar-refractivity contribution in [3.8, 4) is 0 Å². The van der Waals surface area contributed by atoms with Gasteiger partial charge in [0, 0.05) is 0 Å². The average Bonchev–Trinajstić information content (AvgIpc) is 2.34. The van der Waals surface area contributed by atoms with E-state index in [0.29, 0.717) is 5.56 Å². The van der Waals surface area contributed by atoms with Crippen LogP contribution in [0.25, 0.3) is 0 Å². The van der Waals surface area contributed by atoms with Crippen molar-refractivity contribution >= 4 is 41.7 Å². The van der Waals surface area contributed by atoms with Crippen molar-refractivity contribution in [3.63, 3.8) is 0 Å². The lowest BCUT2D eigenvalue weighted by Crippen LogP contribution is -2.40. The minimum Gasteiger partial charge on any atom is -0.205 e. The normalized spacial score (nSPS) is 12.4. The molecule has 0 radical (unpaired) electrons. The molecule has 0 fully saturated rings. The number of halogens is 2. The summed E-state index contributed by atoms with van der Waals surface area (Å²) >= 11 is 2.99. The lowest BCUT2D eigenvalue weighted by Gasteiger charge is -2.24. The van der Waals surface area contributed by atoms with Gasteiger partial charge in [-0.05, 0) is 53.4 Å². The van der Waals surface area contributed by atoms with Gasteiger partial charge in [0.2, 0.25) is 20.0 Å². The number of hydrogen-bond donors (Lipinski definition) is 0. The van der Waals surface area contributed by atoms with Crippen LogP contribution >= 0.6 is 15.9 Å². The Hall–Kier alpha value is -0.670. The Morgan fingerprint density at radius 2 is 1.50 bits per heavy atom. The van der Waals surface area contributed by atoms with Crippen molar-refractivity contribution < 1.29 is 21.2 Å². The second-order valence-corrected chi connectivity index (χ2v) is 9.87. The van der Waals surface area contributed by atoms with Gasteiger partial charge in [-0.1, -0.05) is 13.8 Å². The van der Waals surface area contributed by atoms with Crippen LogP contribution < -0.4 is 3.71 Å². The van der Waals surface area contributed by atoms with Crippen LogP contribution in [-0.2, 0) is 20.0 Å². The molecule has 0 N–H and O–H groups in total. The molecule has 0 aromatic heterocycles. The molecule has 0 heterocycles. The third-order valence-corrected chi connectivity index (χ3v) is 7.97. The summed E-state index contributed by atoms with van der Waals surface area (Å²) in [6.07, 6.45) is 0.462. The molecule has 22 heavy (non-hydrogen) atoms. The number of aryl methyl sites for hydroxylation is 1. The highest BCUT2D eigenvalue weighted by molar-refractivity contribution is 9.10. The quantitative estimate of drug-likeness (QED) is 0.685. The maximum atomic E-state index is 14.4. The van der Waals surface area contributed by atoms with E-state index in [4.69, 9.17) is 0 Å². The van der Waals surface area contributed by atoms with E-state index in [0.717, 1.165) is 0 Å². The highest BCUT2D eigenvalue weighted by Crippen LogP contribution is 2.32. The molecule has 0 amide bonds. The molecule has 0 saturated carbocycles. The molecule has 5 nitrogen and oxygen atoms in total. The topological polar surface area (TPSA) is 71.5 Å². The maximum Gasteiger partial charge on any atom is 0.248 e. The number of sulfonamides is 2. The number of nitrogens with zero attached hydrogens (tertiary/aromatic N) is 1. The SMILES string of the molecule is CCCS(=O)(=O)N(c1cc(C)cc(Br)c1F)S(=O)(=O)CCC. The van der Waals surface area contributed by atoms with Crippen molar-refractivity contribution in [2.45, 2.75) is 33.6 Å². The summed E-state index contributed by atoms with van der Waals surface area (Å²) in [6.45, 7) is 4.86. The zero-order valence-electron chi connectivity index (χ0n) is 12.6. The van der Waals surface area contributed by atoms with E-state index in [-0.39, 0.29) is 32.5 Å². The fourth-order valence-electron chi connectivity index (χ4n) is 1.99. The van der Waals surface area contributed by atoms with Crippen LogP contribution in [0, 0.1) is 12.7 Å². The number of anilines is 1. The summed E-state index contributed by atoms with van der Waals surface area (Å²) in [6, 6.07) is 2.68. The third-order valence-electron chi connectivity index (χ3n) is 2.78. The van der Waals surface area contributed by atoms with E-state index >= 15 is 0 Å². The van der Waals surface area contributed by atoms with Crippen LogP contribution in [0.4, 0.5) is 10.1 Å². The van der Waals surface area contributed by atoms with Crippen molar-refractivity contribution in [2.75, 3.05) is 15.2 Å². The standard InChI is InChI=1S/C13H19BrFNO4S2/c1-4-6-21(17,18)16(22(19,20)7-5-2)12-9-10(3)8-11(14)13(12)15/h8-9H,4-7H2,1-3H3. The maximum absolute atomic E-state index is 14.4. The highest BCUT2D eigenvalue weighted by Gasteiger charge is 2.35. The summed E-state index contributed by atoms with van der Waals surface area (Å²) in [7, 11) is -8.35. The Balaban J connectivity index is 3.67. The van der Waals surface area contributed by atoms with Crippen LogP contribution in [0.1, 0.15) is 32.3 Å². The first kappa shape index (κ1) is 19.4. The first-order valence-corrected chi connectivity index (χ1v) is 10.8. The first-order chi connectivity index (χ1) is 10.1. The van der Waals surface area contributed by atoms with Gasteiger partial charge in [0.1, 0.15) is 5.69 Å². The van der Waals surface area contributed by atoms with Crippen LogP contribution in [0.2, 0.25) is 0 Å². The van der Waals surface area contributed by atoms with E-state index in [1.807, 2.05) is 0 Å². The van der Waals surface area contributed by atoms with E-state index in [1.165, 1.54) is 12.1 Å². The van der Waals surface area contributed by atoms with Gasteiger partial charge in [-0.3, -0.25) is 0 Å². The van der Waals surface area contributed by atoms with E-state index in [9.17, 15) is 21.2 Å². The molecule has 0 aliphatic carbocycles. The zero-order valence-corrected chi connectivity index (χ0v) is 15.9. The first-order valence-electron chi connectivity index (χ1n) is 6.78. The molecule has 0 saturated heterocycles.